The van der Waals surface area contributed by atoms with Gasteiger partial charge in [-0.25, -0.2) is 14.4 Å². The molecule has 3 aromatic carbocycles. The highest BCUT2D eigenvalue weighted by Gasteiger charge is 2.35. The molecule has 2 aromatic heterocycles. The normalized spacial score (nSPS) is 14.5. The van der Waals surface area contributed by atoms with Crippen molar-refractivity contribution in [2.45, 2.75) is 19.3 Å². The number of aromatic nitrogens is 3. The van der Waals surface area contributed by atoms with E-state index in [0.717, 1.165) is 38.9 Å². The third kappa shape index (κ3) is 8.20. The molecule has 3 heterocycles. The van der Waals surface area contributed by atoms with E-state index in [1.54, 1.807) is 48.5 Å². The van der Waals surface area contributed by atoms with Crippen LogP contribution in [-0.2, 0) is 19.3 Å². The summed E-state index contributed by atoms with van der Waals surface area (Å²) in [5.74, 6) is 0.531. The zero-order valence-electron chi connectivity index (χ0n) is 25.7. The number of likely N-dealkylation sites (N-methyl/N-ethyl adjacent to an activating group) is 1. The number of rotatable bonds is 11. The average molecular weight is 668 g/mol. The highest BCUT2D eigenvalue weighted by molar-refractivity contribution is 6.32. The van der Waals surface area contributed by atoms with Gasteiger partial charge in [-0.05, 0) is 66.7 Å². The van der Waals surface area contributed by atoms with E-state index in [4.69, 9.17) is 16.3 Å². The van der Waals surface area contributed by atoms with Crippen LogP contribution in [0.5, 0.6) is 5.75 Å². The molecule has 6 rings (SSSR count). The van der Waals surface area contributed by atoms with Crippen molar-refractivity contribution in [1.82, 2.24) is 29.7 Å². The van der Waals surface area contributed by atoms with E-state index in [2.05, 4.69) is 37.4 Å². The van der Waals surface area contributed by atoms with Crippen molar-refractivity contribution in [1.29, 1.82) is 0 Å². The van der Waals surface area contributed by atoms with E-state index < -0.39 is 11.7 Å². The quantitative estimate of drug-likeness (QED) is 0.117. The van der Waals surface area contributed by atoms with Crippen LogP contribution < -0.4 is 15.4 Å². The van der Waals surface area contributed by atoms with Gasteiger partial charge in [-0.3, -0.25) is 4.90 Å². The van der Waals surface area contributed by atoms with Gasteiger partial charge in [0.05, 0.1) is 16.1 Å². The van der Waals surface area contributed by atoms with Gasteiger partial charge in [0.25, 0.3) is 0 Å². The Balaban J connectivity index is 1.17. The molecule has 1 aliphatic rings. The first-order chi connectivity index (χ1) is 22.6. The SMILES string of the molecule is CN1CCN(CCNCc2cn(-c3ccc4ncnc(Nc5ccc(OCc6cccc(F)c6)c(Cl)c5)c4c3)cc2C(F)(F)F)CC1. The number of nitrogens with zero attached hydrogens (tertiary/aromatic N) is 5. The molecule has 1 fully saturated rings. The largest absolute Gasteiger partial charge is 0.487 e. The fraction of sp³-hybridized carbons (Fsp3) is 0.294. The Morgan fingerprint density at radius 1 is 0.957 bits per heavy atom. The molecule has 2 N–H and O–H groups in total. The summed E-state index contributed by atoms with van der Waals surface area (Å²) >= 11 is 6.48. The van der Waals surface area contributed by atoms with Crippen LogP contribution in [0.25, 0.3) is 16.6 Å². The summed E-state index contributed by atoms with van der Waals surface area (Å²) in [7, 11) is 2.09. The van der Waals surface area contributed by atoms with Gasteiger partial charge in [0.2, 0.25) is 0 Å². The standard InChI is InChI=1S/C34H34ClF4N7O/c1-44-11-13-45(14-12-44)10-9-40-18-24-19-46(20-29(24)34(37,38)39)27-6-7-31-28(17-27)33(42-22-41-31)43-26-5-8-32(30(35)16-26)47-21-23-3-2-4-25(36)15-23/h2-8,15-17,19-20,22,40H,9-14,18,21H2,1H3,(H,41,42,43). The fourth-order valence-corrected chi connectivity index (χ4v) is 5.73. The van der Waals surface area contributed by atoms with Crippen LogP contribution in [-0.4, -0.2) is 70.7 Å². The number of alkyl halides is 3. The summed E-state index contributed by atoms with van der Waals surface area (Å²) in [5, 5.41) is 7.38. The Bertz CT molecular complexity index is 1840. The molecule has 47 heavy (non-hydrogen) atoms. The predicted molar refractivity (Wildman–Crippen MR) is 175 cm³/mol. The van der Waals surface area contributed by atoms with E-state index >= 15 is 0 Å². The zero-order chi connectivity index (χ0) is 33.0. The predicted octanol–water partition coefficient (Wildman–Crippen LogP) is 6.89. The van der Waals surface area contributed by atoms with Gasteiger partial charge in [0, 0.05) is 75.0 Å². The van der Waals surface area contributed by atoms with Gasteiger partial charge in [-0.15, -0.1) is 0 Å². The number of piperazine rings is 1. The van der Waals surface area contributed by atoms with Crippen molar-refractivity contribution < 1.29 is 22.3 Å². The molecule has 8 nitrogen and oxygen atoms in total. The lowest BCUT2D eigenvalue weighted by atomic mass is 10.2. The highest BCUT2D eigenvalue weighted by atomic mass is 35.5. The maximum atomic E-state index is 14.1. The topological polar surface area (TPSA) is 70.5 Å². The maximum absolute atomic E-state index is 14.1. The van der Waals surface area contributed by atoms with Gasteiger partial charge in [0.1, 0.15) is 30.3 Å². The molecular formula is C34H34ClF4N7O. The first-order valence-corrected chi connectivity index (χ1v) is 15.6. The van der Waals surface area contributed by atoms with Crippen molar-refractivity contribution in [3.8, 4) is 11.4 Å². The number of ether oxygens (including phenoxy) is 1. The Hall–Kier alpha value is -4.23. The number of nitrogens with one attached hydrogen (secondary N) is 2. The Kier molecular flexibility index (Phi) is 9.92. The van der Waals surface area contributed by atoms with E-state index in [-0.39, 0.29) is 24.5 Å². The second-order valence-corrected chi connectivity index (χ2v) is 11.9. The lowest BCUT2D eigenvalue weighted by Crippen LogP contribution is -2.46. The number of hydrogen-bond donors (Lipinski definition) is 2. The molecule has 0 unspecified atom stereocenters. The van der Waals surface area contributed by atoms with Gasteiger partial charge >= 0.3 is 6.18 Å². The minimum absolute atomic E-state index is 0.0990. The number of fused-ring (bicyclic) bond motifs is 1. The maximum Gasteiger partial charge on any atom is 0.418 e. The van der Waals surface area contributed by atoms with Crippen molar-refractivity contribution in [3.05, 3.63) is 107 Å². The van der Waals surface area contributed by atoms with Crippen molar-refractivity contribution in [2.75, 3.05) is 51.6 Å². The molecule has 0 amide bonds. The molecule has 0 spiro atoms. The molecule has 0 radical (unpaired) electrons. The van der Waals surface area contributed by atoms with Crippen molar-refractivity contribution in [3.63, 3.8) is 0 Å². The summed E-state index contributed by atoms with van der Waals surface area (Å²) in [5.41, 5.74) is 1.92. The minimum atomic E-state index is -4.50. The second kappa shape index (κ2) is 14.3. The molecule has 0 aliphatic carbocycles. The summed E-state index contributed by atoms with van der Waals surface area (Å²) in [4.78, 5) is 13.3. The Morgan fingerprint density at radius 3 is 2.55 bits per heavy atom. The molecule has 0 saturated carbocycles. The Morgan fingerprint density at radius 2 is 1.79 bits per heavy atom. The van der Waals surface area contributed by atoms with Gasteiger partial charge < -0.3 is 24.8 Å². The van der Waals surface area contributed by atoms with Crippen LogP contribution in [0.3, 0.4) is 0 Å². The molecule has 246 valence electrons. The smallest absolute Gasteiger partial charge is 0.418 e. The third-order valence-electron chi connectivity index (χ3n) is 8.13. The lowest BCUT2D eigenvalue weighted by molar-refractivity contribution is -0.138. The van der Waals surface area contributed by atoms with E-state index in [0.29, 0.717) is 51.0 Å². The van der Waals surface area contributed by atoms with E-state index in [1.165, 1.54) is 29.2 Å². The number of halogens is 5. The molecule has 0 bridgehead atoms. The molecule has 0 atom stereocenters. The fourth-order valence-electron chi connectivity index (χ4n) is 5.50. The third-order valence-corrected chi connectivity index (χ3v) is 8.42. The first kappa shape index (κ1) is 32.7. The minimum Gasteiger partial charge on any atom is -0.487 e. The second-order valence-electron chi connectivity index (χ2n) is 11.5. The van der Waals surface area contributed by atoms with E-state index in [9.17, 15) is 17.6 Å². The van der Waals surface area contributed by atoms with Crippen LogP contribution in [0.2, 0.25) is 5.02 Å². The van der Waals surface area contributed by atoms with Gasteiger partial charge in [-0.2, -0.15) is 13.2 Å². The van der Waals surface area contributed by atoms with Crippen molar-refractivity contribution >= 4 is 34.0 Å². The Labute approximate surface area is 274 Å². The summed E-state index contributed by atoms with van der Waals surface area (Å²) in [6, 6.07) is 16.5. The summed E-state index contributed by atoms with van der Waals surface area (Å²) in [6.07, 6.45) is -0.450. The van der Waals surface area contributed by atoms with Crippen molar-refractivity contribution in [2.24, 2.45) is 0 Å². The number of hydrogen-bond acceptors (Lipinski definition) is 7. The van der Waals surface area contributed by atoms with E-state index in [1.807, 2.05) is 0 Å². The zero-order valence-corrected chi connectivity index (χ0v) is 26.5. The average Bonchev–Trinajstić information content (AvgIpc) is 3.49. The molecule has 1 saturated heterocycles. The molecule has 13 heteroatoms. The lowest BCUT2D eigenvalue weighted by Gasteiger charge is -2.32. The summed E-state index contributed by atoms with van der Waals surface area (Å²) in [6.45, 7) is 5.51. The van der Waals surface area contributed by atoms with Crippen LogP contribution in [0, 0.1) is 5.82 Å². The number of benzene rings is 3. The van der Waals surface area contributed by atoms with Crippen LogP contribution >= 0.6 is 11.6 Å². The monoisotopic (exact) mass is 667 g/mol. The highest BCUT2D eigenvalue weighted by Crippen LogP contribution is 2.35. The molecule has 5 aromatic rings. The molecular weight excluding hydrogens is 634 g/mol. The van der Waals surface area contributed by atoms with Crippen LogP contribution in [0.15, 0.2) is 79.4 Å². The van der Waals surface area contributed by atoms with Crippen LogP contribution in [0.4, 0.5) is 29.1 Å². The molecule has 1 aliphatic heterocycles. The van der Waals surface area contributed by atoms with Gasteiger partial charge in [-0.1, -0.05) is 23.7 Å². The summed E-state index contributed by atoms with van der Waals surface area (Å²) < 4.78 is 63.0. The number of anilines is 2. The van der Waals surface area contributed by atoms with Crippen LogP contribution in [0.1, 0.15) is 16.7 Å². The first-order valence-electron chi connectivity index (χ1n) is 15.2. The van der Waals surface area contributed by atoms with Gasteiger partial charge in [0.15, 0.2) is 0 Å².